The number of nitrogens with zero attached hydrogens (tertiary/aromatic N) is 3. The molecule has 1 fully saturated rings. The van der Waals surface area contributed by atoms with Gasteiger partial charge in [-0.3, -0.25) is 14.9 Å². The average molecular weight is 429 g/mol. The first kappa shape index (κ1) is 20.3. The van der Waals surface area contributed by atoms with Gasteiger partial charge in [0.1, 0.15) is 11.5 Å². The van der Waals surface area contributed by atoms with Gasteiger partial charge in [0.2, 0.25) is 0 Å². The molecule has 0 saturated carbocycles. The summed E-state index contributed by atoms with van der Waals surface area (Å²) in [6.07, 6.45) is 1.74. The maximum absolute atomic E-state index is 14.5. The lowest BCUT2D eigenvalue weighted by Gasteiger charge is -2.21. The van der Waals surface area contributed by atoms with Crippen LogP contribution in [0.1, 0.15) is 27.5 Å². The van der Waals surface area contributed by atoms with Crippen LogP contribution in [0.25, 0.3) is 22.2 Å². The molecule has 0 bridgehead atoms. The van der Waals surface area contributed by atoms with E-state index in [9.17, 15) is 9.18 Å². The third-order valence-corrected chi connectivity index (χ3v) is 6.13. The fourth-order valence-corrected chi connectivity index (χ4v) is 4.65. The van der Waals surface area contributed by atoms with E-state index in [4.69, 9.17) is 0 Å². The molecule has 0 radical (unpaired) electrons. The highest BCUT2D eigenvalue weighted by Crippen LogP contribution is 2.31. The monoisotopic (exact) mass is 429 g/mol. The van der Waals surface area contributed by atoms with E-state index in [0.29, 0.717) is 29.9 Å². The SMILES string of the molecule is Cc1cc(-c2n[nH]c3cccc(C(=O)N[C@H]4CN(C)C[C@@H]4c4ccccc4F)c23)ccn1. The minimum atomic E-state index is -0.237. The molecule has 1 amide bonds. The number of carbonyl (C=O) groups is 1. The number of H-pyrrole nitrogens is 1. The lowest BCUT2D eigenvalue weighted by molar-refractivity contribution is 0.0937. The molecule has 2 aromatic heterocycles. The summed E-state index contributed by atoms with van der Waals surface area (Å²) >= 11 is 0. The Labute approximate surface area is 185 Å². The van der Waals surface area contributed by atoms with E-state index >= 15 is 0 Å². The smallest absolute Gasteiger partial charge is 0.252 e. The number of hydrogen-bond acceptors (Lipinski definition) is 4. The Balaban J connectivity index is 1.50. The Morgan fingerprint density at radius 1 is 1.16 bits per heavy atom. The van der Waals surface area contributed by atoms with Crippen molar-refractivity contribution < 1.29 is 9.18 Å². The number of aryl methyl sites for hydroxylation is 1. The lowest BCUT2D eigenvalue weighted by Crippen LogP contribution is -2.39. The van der Waals surface area contributed by atoms with Crippen LogP contribution in [0.2, 0.25) is 0 Å². The first-order valence-electron chi connectivity index (χ1n) is 10.6. The minimum absolute atomic E-state index is 0.115. The number of pyridine rings is 1. The summed E-state index contributed by atoms with van der Waals surface area (Å²) in [5.74, 6) is -0.541. The summed E-state index contributed by atoms with van der Waals surface area (Å²) in [7, 11) is 1.99. The van der Waals surface area contributed by atoms with Gasteiger partial charge in [-0.2, -0.15) is 5.10 Å². The predicted molar refractivity (Wildman–Crippen MR) is 122 cm³/mol. The summed E-state index contributed by atoms with van der Waals surface area (Å²) in [4.78, 5) is 19.8. The summed E-state index contributed by atoms with van der Waals surface area (Å²) in [5, 5.41) is 11.5. The zero-order chi connectivity index (χ0) is 22.2. The van der Waals surface area contributed by atoms with Crippen molar-refractivity contribution in [1.29, 1.82) is 0 Å². The second kappa shape index (κ2) is 8.16. The summed E-state index contributed by atoms with van der Waals surface area (Å²) < 4.78 is 14.5. The number of likely N-dealkylation sites (tertiary alicyclic amines) is 1. The summed E-state index contributed by atoms with van der Waals surface area (Å²) in [6.45, 7) is 3.26. The number of halogens is 1. The van der Waals surface area contributed by atoms with E-state index in [-0.39, 0.29) is 23.7 Å². The van der Waals surface area contributed by atoms with Crippen molar-refractivity contribution in [2.75, 3.05) is 20.1 Å². The van der Waals surface area contributed by atoms with Crippen molar-refractivity contribution in [1.82, 2.24) is 25.4 Å². The molecule has 162 valence electrons. The van der Waals surface area contributed by atoms with Gasteiger partial charge in [0.05, 0.1) is 11.1 Å². The van der Waals surface area contributed by atoms with Gasteiger partial charge < -0.3 is 10.2 Å². The van der Waals surface area contributed by atoms with Crippen molar-refractivity contribution in [3.63, 3.8) is 0 Å². The number of hydrogen-bond donors (Lipinski definition) is 2. The van der Waals surface area contributed by atoms with Crippen LogP contribution in [-0.4, -0.2) is 52.2 Å². The second-order valence-corrected chi connectivity index (χ2v) is 8.42. The van der Waals surface area contributed by atoms with Gasteiger partial charge in [-0.05, 0) is 49.9 Å². The Morgan fingerprint density at radius 2 is 2.00 bits per heavy atom. The van der Waals surface area contributed by atoms with Crippen molar-refractivity contribution in [2.45, 2.75) is 18.9 Å². The number of benzene rings is 2. The first-order chi connectivity index (χ1) is 15.5. The van der Waals surface area contributed by atoms with Crippen LogP contribution >= 0.6 is 0 Å². The third kappa shape index (κ3) is 3.65. The van der Waals surface area contributed by atoms with Crippen molar-refractivity contribution in [3.8, 4) is 11.3 Å². The molecule has 1 aliphatic rings. The van der Waals surface area contributed by atoms with E-state index in [2.05, 4.69) is 25.4 Å². The summed E-state index contributed by atoms with van der Waals surface area (Å²) in [5.41, 5.74) is 4.46. The Morgan fingerprint density at radius 3 is 2.81 bits per heavy atom. The number of aromatic nitrogens is 3. The Hall–Kier alpha value is -3.58. The number of aromatic amines is 1. The van der Waals surface area contributed by atoms with Crippen LogP contribution in [0.15, 0.2) is 60.8 Å². The number of carbonyl (C=O) groups excluding carboxylic acids is 1. The van der Waals surface area contributed by atoms with E-state index < -0.39 is 0 Å². The standard InChI is InChI=1S/C25H24FN5O/c1-15-12-16(10-11-27-15)24-23-18(7-5-9-21(23)29-30-24)25(32)28-22-14-31(2)13-19(22)17-6-3-4-8-20(17)26/h3-12,19,22H,13-14H2,1-2H3,(H,28,32)(H,29,30)/t19-,22+/m1/s1. The van der Waals surface area contributed by atoms with E-state index in [1.165, 1.54) is 6.07 Å². The van der Waals surface area contributed by atoms with Crippen LogP contribution in [0, 0.1) is 12.7 Å². The molecule has 32 heavy (non-hydrogen) atoms. The molecule has 2 aromatic carbocycles. The van der Waals surface area contributed by atoms with Crippen LogP contribution in [-0.2, 0) is 0 Å². The molecule has 2 atom stereocenters. The van der Waals surface area contributed by atoms with Crippen LogP contribution in [0.3, 0.4) is 0 Å². The largest absolute Gasteiger partial charge is 0.347 e. The van der Waals surface area contributed by atoms with Crippen LogP contribution < -0.4 is 5.32 Å². The fourth-order valence-electron chi connectivity index (χ4n) is 4.65. The number of amides is 1. The highest BCUT2D eigenvalue weighted by atomic mass is 19.1. The van der Waals surface area contributed by atoms with Gasteiger partial charge in [0.25, 0.3) is 5.91 Å². The average Bonchev–Trinajstić information content (AvgIpc) is 3.37. The molecule has 0 aliphatic carbocycles. The van der Waals surface area contributed by atoms with Gasteiger partial charge in [-0.1, -0.05) is 24.3 Å². The molecule has 1 saturated heterocycles. The van der Waals surface area contributed by atoms with Gasteiger partial charge >= 0.3 is 0 Å². The quantitative estimate of drug-likeness (QED) is 0.516. The zero-order valence-electron chi connectivity index (χ0n) is 18.0. The highest BCUT2D eigenvalue weighted by Gasteiger charge is 2.35. The number of nitrogens with one attached hydrogen (secondary N) is 2. The fraction of sp³-hybridized carbons (Fsp3) is 0.240. The molecule has 0 spiro atoms. The molecule has 5 rings (SSSR count). The van der Waals surface area contributed by atoms with E-state index in [1.54, 1.807) is 18.3 Å². The maximum atomic E-state index is 14.5. The molecule has 7 heteroatoms. The van der Waals surface area contributed by atoms with Gasteiger partial charge in [-0.15, -0.1) is 0 Å². The molecular weight excluding hydrogens is 405 g/mol. The Bertz CT molecular complexity index is 1300. The lowest BCUT2D eigenvalue weighted by atomic mass is 9.93. The second-order valence-electron chi connectivity index (χ2n) is 8.42. The summed E-state index contributed by atoms with van der Waals surface area (Å²) in [6, 6.07) is 16.0. The molecule has 2 N–H and O–H groups in total. The van der Waals surface area contributed by atoms with Crippen LogP contribution in [0.5, 0.6) is 0 Å². The van der Waals surface area contributed by atoms with Gasteiger partial charge in [-0.25, -0.2) is 4.39 Å². The maximum Gasteiger partial charge on any atom is 0.252 e. The first-order valence-corrected chi connectivity index (χ1v) is 10.6. The number of fused-ring (bicyclic) bond motifs is 1. The minimum Gasteiger partial charge on any atom is -0.347 e. The molecule has 1 aliphatic heterocycles. The zero-order valence-corrected chi connectivity index (χ0v) is 18.0. The molecule has 6 nitrogen and oxygen atoms in total. The molecule has 4 aromatic rings. The van der Waals surface area contributed by atoms with Crippen LogP contribution in [0.4, 0.5) is 4.39 Å². The van der Waals surface area contributed by atoms with Gasteiger partial charge in [0.15, 0.2) is 0 Å². The molecule has 0 unspecified atom stereocenters. The highest BCUT2D eigenvalue weighted by molar-refractivity contribution is 6.11. The Kier molecular flexibility index (Phi) is 5.19. The number of likely N-dealkylation sites (N-methyl/N-ethyl adjacent to an activating group) is 1. The topological polar surface area (TPSA) is 73.9 Å². The predicted octanol–water partition coefficient (Wildman–Crippen LogP) is 3.90. The number of rotatable bonds is 4. The van der Waals surface area contributed by atoms with E-state index in [0.717, 1.165) is 22.2 Å². The van der Waals surface area contributed by atoms with E-state index in [1.807, 2.05) is 50.4 Å². The van der Waals surface area contributed by atoms with Crippen molar-refractivity contribution in [3.05, 3.63) is 83.4 Å². The van der Waals surface area contributed by atoms with Crippen molar-refractivity contribution in [2.24, 2.45) is 0 Å². The van der Waals surface area contributed by atoms with Gasteiger partial charge in [0, 0.05) is 47.9 Å². The molecular formula is C25H24FN5O. The van der Waals surface area contributed by atoms with Crippen molar-refractivity contribution >= 4 is 16.8 Å². The normalized spacial score (nSPS) is 18.8. The molecule has 3 heterocycles. The third-order valence-electron chi connectivity index (χ3n) is 6.13.